The van der Waals surface area contributed by atoms with Gasteiger partial charge in [0.2, 0.25) is 0 Å². The van der Waals surface area contributed by atoms with E-state index in [1.54, 1.807) is 10.8 Å². The van der Waals surface area contributed by atoms with Gasteiger partial charge in [-0.1, -0.05) is 0 Å². The highest BCUT2D eigenvalue weighted by molar-refractivity contribution is 7.84. The van der Waals surface area contributed by atoms with Crippen molar-refractivity contribution in [3.05, 3.63) is 29.6 Å². The molecule has 0 spiro atoms. The Balaban J connectivity index is 2.54. The van der Waals surface area contributed by atoms with Gasteiger partial charge in [0, 0.05) is 28.9 Å². The minimum absolute atomic E-state index is 0.106. The van der Waals surface area contributed by atoms with Crippen LogP contribution >= 0.6 is 11.6 Å². The second kappa shape index (κ2) is 6.18. The van der Waals surface area contributed by atoms with E-state index in [1.807, 2.05) is 6.92 Å². The molecule has 0 radical (unpaired) electrons. The number of aromatic nitrogens is 2. The van der Waals surface area contributed by atoms with Gasteiger partial charge in [0.1, 0.15) is 11.3 Å². The van der Waals surface area contributed by atoms with Crippen molar-refractivity contribution in [2.45, 2.75) is 25.3 Å². The maximum atomic E-state index is 14.0. The van der Waals surface area contributed by atoms with Gasteiger partial charge in [-0.25, -0.2) is 13.8 Å². The normalized spacial score (nSPS) is 14.7. The molecule has 0 saturated heterocycles. The quantitative estimate of drug-likeness (QED) is 0.792. The van der Waals surface area contributed by atoms with Crippen LogP contribution in [0.1, 0.15) is 25.2 Å². The summed E-state index contributed by atoms with van der Waals surface area (Å²) < 4.78 is 40.2. The van der Waals surface area contributed by atoms with Gasteiger partial charge >= 0.3 is 0 Å². The van der Waals surface area contributed by atoms with E-state index in [4.69, 9.17) is 11.6 Å². The maximum Gasteiger partial charge on any atom is 0.184 e. The van der Waals surface area contributed by atoms with Crippen LogP contribution in [0.2, 0.25) is 0 Å². The summed E-state index contributed by atoms with van der Waals surface area (Å²) in [6.45, 7) is 1.86. The van der Waals surface area contributed by atoms with Crippen molar-refractivity contribution < 1.29 is 13.0 Å². The highest BCUT2D eigenvalue weighted by Crippen LogP contribution is 2.27. The van der Waals surface area contributed by atoms with Crippen molar-refractivity contribution in [2.75, 3.05) is 12.0 Å². The van der Waals surface area contributed by atoms with Crippen LogP contribution in [-0.2, 0) is 16.7 Å². The molecule has 0 amide bonds. The lowest BCUT2D eigenvalue weighted by molar-refractivity contribution is 0.492. The van der Waals surface area contributed by atoms with E-state index in [-0.39, 0.29) is 17.4 Å². The number of fused-ring (bicyclic) bond motifs is 1. The van der Waals surface area contributed by atoms with Gasteiger partial charge in [-0.3, -0.25) is 4.21 Å². The zero-order chi connectivity index (χ0) is 14.9. The lowest BCUT2D eigenvalue weighted by Crippen LogP contribution is -2.12. The average Bonchev–Trinajstić information content (AvgIpc) is 2.79. The summed E-state index contributed by atoms with van der Waals surface area (Å²) in [7, 11) is -0.934. The fourth-order valence-corrected chi connectivity index (χ4v) is 3.07. The smallest absolute Gasteiger partial charge is 0.184 e. The van der Waals surface area contributed by atoms with Gasteiger partial charge in [-0.15, -0.1) is 11.6 Å². The summed E-state index contributed by atoms with van der Waals surface area (Å²) in [5.41, 5.74) is 0.499. The maximum absolute atomic E-state index is 14.0. The molecule has 2 rings (SSSR count). The first-order valence-electron chi connectivity index (χ1n) is 6.16. The van der Waals surface area contributed by atoms with E-state index >= 15 is 0 Å². The van der Waals surface area contributed by atoms with Crippen molar-refractivity contribution in [1.29, 1.82) is 0 Å². The third-order valence-corrected chi connectivity index (χ3v) is 4.25. The predicted octanol–water partition coefficient (Wildman–Crippen LogP) is 3.38. The van der Waals surface area contributed by atoms with Gasteiger partial charge in [-0.05, 0) is 25.5 Å². The minimum atomic E-state index is -0.934. The summed E-state index contributed by atoms with van der Waals surface area (Å²) >= 11 is 5.84. The second-order valence-electron chi connectivity index (χ2n) is 4.68. The van der Waals surface area contributed by atoms with E-state index in [9.17, 15) is 13.0 Å². The molecule has 1 aromatic heterocycles. The minimum Gasteiger partial charge on any atom is -0.322 e. The first-order valence-corrected chi connectivity index (χ1v) is 8.42. The highest BCUT2D eigenvalue weighted by atomic mass is 35.5. The number of halogens is 3. The molecule has 7 heteroatoms. The number of alkyl halides is 1. The number of rotatable bonds is 5. The lowest BCUT2D eigenvalue weighted by Gasteiger charge is -2.16. The molecule has 0 aliphatic rings. The van der Waals surface area contributed by atoms with Crippen LogP contribution < -0.4 is 0 Å². The highest BCUT2D eigenvalue weighted by Gasteiger charge is 2.20. The number of nitrogens with zero attached hydrogens (tertiary/aromatic N) is 2. The third-order valence-electron chi connectivity index (χ3n) is 3.20. The topological polar surface area (TPSA) is 34.9 Å². The molecule has 0 N–H and O–H groups in total. The Hall–Kier alpha value is -1.01. The number of hydrogen-bond acceptors (Lipinski definition) is 2. The predicted molar refractivity (Wildman–Crippen MR) is 77.5 cm³/mol. The fraction of sp³-hybridized carbons (Fsp3) is 0.462. The SMILES string of the molecule is CC(CCS(C)=O)n1c(CCl)nc2ccc(F)c(F)c21. The van der Waals surface area contributed by atoms with Crippen molar-refractivity contribution in [2.24, 2.45) is 0 Å². The summed E-state index contributed by atoms with van der Waals surface area (Å²) in [5.74, 6) is -0.753. The molecule has 110 valence electrons. The molecular formula is C13H15ClF2N2OS. The standard InChI is InChI=1S/C13H15ClF2N2OS/c1-8(5-6-20(2)19)18-11(7-14)17-10-4-3-9(15)12(16)13(10)18/h3-4,8H,5-7H2,1-2H3. The van der Waals surface area contributed by atoms with Crippen LogP contribution in [-0.4, -0.2) is 25.8 Å². The van der Waals surface area contributed by atoms with Crippen LogP contribution in [0.25, 0.3) is 11.0 Å². The van der Waals surface area contributed by atoms with Gasteiger partial charge in [0.25, 0.3) is 0 Å². The average molecular weight is 321 g/mol. The van der Waals surface area contributed by atoms with Gasteiger partial charge < -0.3 is 4.57 Å². The molecule has 0 aliphatic carbocycles. The van der Waals surface area contributed by atoms with Gasteiger partial charge in [0.15, 0.2) is 11.6 Å². The van der Waals surface area contributed by atoms with E-state index in [0.29, 0.717) is 23.5 Å². The summed E-state index contributed by atoms with van der Waals surface area (Å²) in [4.78, 5) is 4.23. The molecular weight excluding hydrogens is 306 g/mol. The van der Waals surface area contributed by atoms with Crippen molar-refractivity contribution >= 4 is 33.4 Å². The molecule has 0 fully saturated rings. The molecule has 20 heavy (non-hydrogen) atoms. The molecule has 0 bridgehead atoms. The zero-order valence-corrected chi connectivity index (χ0v) is 12.8. The molecule has 1 aromatic carbocycles. The monoisotopic (exact) mass is 320 g/mol. The Bertz CT molecular complexity index is 659. The van der Waals surface area contributed by atoms with Crippen LogP contribution in [0.4, 0.5) is 8.78 Å². The fourth-order valence-electron chi connectivity index (χ4n) is 2.21. The van der Waals surface area contributed by atoms with Gasteiger partial charge in [0.05, 0.1) is 11.4 Å². The van der Waals surface area contributed by atoms with Crippen LogP contribution in [0.5, 0.6) is 0 Å². The number of benzene rings is 1. The van der Waals surface area contributed by atoms with Crippen molar-refractivity contribution in [3.63, 3.8) is 0 Å². The Morgan fingerprint density at radius 2 is 2.15 bits per heavy atom. The summed E-state index contributed by atoms with van der Waals surface area (Å²) in [6.07, 6.45) is 2.19. The first-order chi connectivity index (χ1) is 9.45. The van der Waals surface area contributed by atoms with Crippen LogP contribution in [0, 0.1) is 11.6 Å². The number of hydrogen-bond donors (Lipinski definition) is 0. The van der Waals surface area contributed by atoms with E-state index < -0.39 is 22.4 Å². The summed E-state index contributed by atoms with van der Waals surface area (Å²) in [5, 5.41) is 0. The molecule has 0 aliphatic heterocycles. The van der Waals surface area contributed by atoms with E-state index in [0.717, 1.165) is 6.07 Å². The largest absolute Gasteiger partial charge is 0.322 e. The zero-order valence-electron chi connectivity index (χ0n) is 11.2. The molecule has 0 saturated carbocycles. The van der Waals surface area contributed by atoms with Crippen LogP contribution in [0.15, 0.2) is 12.1 Å². The third kappa shape index (κ3) is 2.86. The Labute approximate surface area is 123 Å². The molecule has 2 aromatic rings. The Morgan fingerprint density at radius 1 is 1.45 bits per heavy atom. The Kier molecular flexibility index (Phi) is 4.75. The van der Waals surface area contributed by atoms with Crippen molar-refractivity contribution in [3.8, 4) is 0 Å². The lowest BCUT2D eigenvalue weighted by atomic mass is 10.2. The van der Waals surface area contributed by atoms with Crippen molar-refractivity contribution in [1.82, 2.24) is 9.55 Å². The second-order valence-corrected chi connectivity index (χ2v) is 6.50. The molecule has 3 nitrogen and oxygen atoms in total. The number of imidazole rings is 1. The van der Waals surface area contributed by atoms with Crippen LogP contribution in [0.3, 0.4) is 0 Å². The molecule has 2 unspecified atom stereocenters. The van der Waals surface area contributed by atoms with E-state index in [1.165, 1.54) is 6.07 Å². The van der Waals surface area contributed by atoms with E-state index in [2.05, 4.69) is 4.98 Å². The summed E-state index contributed by atoms with van der Waals surface area (Å²) in [6, 6.07) is 2.33. The molecule has 2 atom stereocenters. The van der Waals surface area contributed by atoms with Gasteiger partial charge in [-0.2, -0.15) is 0 Å². The Morgan fingerprint density at radius 3 is 2.75 bits per heavy atom. The molecule has 1 heterocycles. The first kappa shape index (κ1) is 15.4.